The van der Waals surface area contributed by atoms with Gasteiger partial charge >= 0.3 is 5.97 Å². The van der Waals surface area contributed by atoms with Crippen LogP contribution in [0.3, 0.4) is 0 Å². The summed E-state index contributed by atoms with van der Waals surface area (Å²) < 4.78 is 0. The summed E-state index contributed by atoms with van der Waals surface area (Å²) in [7, 11) is 0. The minimum atomic E-state index is -1.24. The number of hydrogen-bond acceptors (Lipinski definition) is 4. The SMILES string of the molecule is CSCCNC(=O)/C=C(/CC(C)=O)C(=O)O. The minimum Gasteiger partial charge on any atom is -0.478 e. The molecule has 0 heterocycles. The molecule has 0 fully saturated rings. The van der Waals surface area contributed by atoms with Crippen molar-refractivity contribution in [2.24, 2.45) is 0 Å². The first-order valence-electron chi connectivity index (χ1n) is 4.67. The molecule has 0 aromatic rings. The lowest BCUT2D eigenvalue weighted by atomic mass is 10.1. The average molecular weight is 245 g/mol. The molecular weight excluding hydrogens is 230 g/mol. The Balaban J connectivity index is 4.36. The molecule has 0 spiro atoms. The van der Waals surface area contributed by atoms with Crippen LogP contribution in [0.4, 0.5) is 0 Å². The number of aliphatic carboxylic acids is 1. The number of carboxylic acid groups (broad SMARTS) is 1. The zero-order valence-corrected chi connectivity index (χ0v) is 10.1. The summed E-state index contributed by atoms with van der Waals surface area (Å²) in [4.78, 5) is 32.7. The van der Waals surface area contributed by atoms with E-state index < -0.39 is 11.9 Å². The molecule has 5 nitrogen and oxygen atoms in total. The number of nitrogens with one attached hydrogen (secondary N) is 1. The van der Waals surface area contributed by atoms with Crippen LogP contribution in [0.1, 0.15) is 13.3 Å². The molecule has 0 atom stereocenters. The van der Waals surface area contributed by atoms with Gasteiger partial charge in [0.05, 0.1) is 0 Å². The van der Waals surface area contributed by atoms with E-state index in [1.807, 2.05) is 6.26 Å². The average Bonchev–Trinajstić information content (AvgIpc) is 2.16. The molecular formula is C10H15NO4S. The van der Waals surface area contributed by atoms with Crippen molar-refractivity contribution in [2.75, 3.05) is 18.6 Å². The lowest BCUT2D eigenvalue weighted by Crippen LogP contribution is -2.24. The zero-order chi connectivity index (χ0) is 12.6. The summed E-state index contributed by atoms with van der Waals surface area (Å²) in [6.07, 6.45) is 2.63. The third kappa shape index (κ3) is 7.05. The molecule has 0 aliphatic carbocycles. The van der Waals surface area contributed by atoms with Crippen molar-refractivity contribution in [1.82, 2.24) is 5.32 Å². The summed E-state index contributed by atoms with van der Waals surface area (Å²) in [6, 6.07) is 0. The Bertz CT molecular complexity index is 312. The van der Waals surface area contributed by atoms with Gasteiger partial charge in [0.25, 0.3) is 0 Å². The Morgan fingerprint density at radius 1 is 1.38 bits per heavy atom. The highest BCUT2D eigenvalue weighted by atomic mass is 32.2. The van der Waals surface area contributed by atoms with Crippen LogP contribution in [0.25, 0.3) is 0 Å². The van der Waals surface area contributed by atoms with Gasteiger partial charge in [-0.05, 0) is 13.2 Å². The number of amides is 1. The number of carboxylic acids is 1. The lowest BCUT2D eigenvalue weighted by Gasteiger charge is -2.02. The number of thioether (sulfide) groups is 1. The van der Waals surface area contributed by atoms with E-state index in [2.05, 4.69) is 5.32 Å². The van der Waals surface area contributed by atoms with Crippen LogP contribution in [0, 0.1) is 0 Å². The molecule has 0 unspecified atom stereocenters. The Kier molecular flexibility index (Phi) is 7.28. The highest BCUT2D eigenvalue weighted by Crippen LogP contribution is 2.02. The molecule has 0 aliphatic heterocycles. The normalized spacial score (nSPS) is 11.0. The maximum absolute atomic E-state index is 11.2. The van der Waals surface area contributed by atoms with Crippen molar-refractivity contribution in [2.45, 2.75) is 13.3 Å². The van der Waals surface area contributed by atoms with Crippen molar-refractivity contribution in [3.8, 4) is 0 Å². The molecule has 0 rings (SSSR count). The fraction of sp³-hybridized carbons (Fsp3) is 0.500. The van der Waals surface area contributed by atoms with Crippen molar-refractivity contribution in [3.05, 3.63) is 11.6 Å². The Morgan fingerprint density at radius 3 is 2.44 bits per heavy atom. The lowest BCUT2D eigenvalue weighted by molar-refractivity contribution is -0.134. The first-order chi connectivity index (χ1) is 7.47. The van der Waals surface area contributed by atoms with E-state index in [-0.39, 0.29) is 17.8 Å². The third-order valence-electron chi connectivity index (χ3n) is 1.62. The van der Waals surface area contributed by atoms with E-state index in [0.717, 1.165) is 11.8 Å². The highest BCUT2D eigenvalue weighted by Gasteiger charge is 2.11. The zero-order valence-electron chi connectivity index (χ0n) is 9.28. The Morgan fingerprint density at radius 2 is 2.00 bits per heavy atom. The van der Waals surface area contributed by atoms with Gasteiger partial charge in [-0.3, -0.25) is 9.59 Å². The monoisotopic (exact) mass is 245 g/mol. The maximum atomic E-state index is 11.2. The molecule has 16 heavy (non-hydrogen) atoms. The predicted molar refractivity (Wildman–Crippen MR) is 62.4 cm³/mol. The van der Waals surface area contributed by atoms with Gasteiger partial charge < -0.3 is 10.4 Å². The predicted octanol–water partition coefficient (Wildman–Crippen LogP) is 0.456. The molecule has 90 valence electrons. The van der Waals surface area contributed by atoms with Crippen LogP contribution in [0.5, 0.6) is 0 Å². The summed E-state index contributed by atoms with van der Waals surface area (Å²) in [5, 5.41) is 11.3. The Labute approximate surface area is 98.3 Å². The second-order valence-corrected chi connectivity index (χ2v) is 4.12. The van der Waals surface area contributed by atoms with Gasteiger partial charge in [-0.1, -0.05) is 0 Å². The molecule has 2 N–H and O–H groups in total. The summed E-state index contributed by atoms with van der Waals surface area (Å²) in [6.45, 7) is 1.76. The molecule has 1 amide bonds. The van der Waals surface area contributed by atoms with Crippen LogP contribution in [0.2, 0.25) is 0 Å². The van der Waals surface area contributed by atoms with Crippen molar-refractivity contribution in [1.29, 1.82) is 0 Å². The minimum absolute atomic E-state index is 0.186. The van der Waals surface area contributed by atoms with Gasteiger partial charge in [0.1, 0.15) is 5.78 Å². The molecule has 0 radical (unpaired) electrons. The topological polar surface area (TPSA) is 83.5 Å². The fourth-order valence-corrected chi connectivity index (χ4v) is 1.25. The quantitative estimate of drug-likeness (QED) is 0.503. The maximum Gasteiger partial charge on any atom is 0.332 e. The van der Waals surface area contributed by atoms with E-state index in [1.165, 1.54) is 6.92 Å². The van der Waals surface area contributed by atoms with E-state index in [9.17, 15) is 14.4 Å². The number of hydrogen-bond donors (Lipinski definition) is 2. The van der Waals surface area contributed by atoms with Crippen molar-refractivity contribution in [3.63, 3.8) is 0 Å². The number of ketones is 1. The molecule has 0 aromatic carbocycles. The second-order valence-electron chi connectivity index (χ2n) is 3.14. The van der Waals surface area contributed by atoms with Crippen molar-refractivity contribution < 1.29 is 19.5 Å². The first-order valence-corrected chi connectivity index (χ1v) is 6.06. The van der Waals surface area contributed by atoms with Crippen LogP contribution in [-0.2, 0) is 14.4 Å². The standard InChI is InChI=1S/C10H15NO4S/c1-7(12)5-8(10(14)15)6-9(13)11-3-4-16-2/h6H,3-5H2,1-2H3,(H,11,13)(H,14,15)/b8-6-. The number of rotatable bonds is 7. The first kappa shape index (κ1) is 14.7. The third-order valence-corrected chi connectivity index (χ3v) is 2.24. The van der Waals surface area contributed by atoms with Crippen LogP contribution in [-0.4, -0.2) is 41.3 Å². The van der Waals surface area contributed by atoms with Gasteiger partial charge in [0.2, 0.25) is 5.91 Å². The highest BCUT2D eigenvalue weighted by molar-refractivity contribution is 7.98. The van der Waals surface area contributed by atoms with Gasteiger partial charge in [-0.2, -0.15) is 11.8 Å². The van der Waals surface area contributed by atoms with Gasteiger partial charge in [-0.15, -0.1) is 0 Å². The largest absolute Gasteiger partial charge is 0.478 e. The Hall–Kier alpha value is -1.30. The number of carbonyl (C=O) groups is 3. The summed E-state index contributed by atoms with van der Waals surface area (Å²) in [5.74, 6) is -1.25. The van der Waals surface area contributed by atoms with Gasteiger partial charge in [0.15, 0.2) is 0 Å². The molecule has 0 saturated carbocycles. The van der Waals surface area contributed by atoms with Gasteiger partial charge in [0, 0.05) is 30.4 Å². The summed E-state index contributed by atoms with van der Waals surface area (Å²) in [5.41, 5.74) is -0.186. The van der Waals surface area contributed by atoms with Crippen LogP contribution in [0.15, 0.2) is 11.6 Å². The van der Waals surface area contributed by atoms with E-state index >= 15 is 0 Å². The van der Waals surface area contributed by atoms with Crippen LogP contribution >= 0.6 is 11.8 Å². The number of Topliss-reactive ketones (excluding diaryl/α,β-unsaturated/α-hetero) is 1. The molecule has 0 bridgehead atoms. The van der Waals surface area contributed by atoms with E-state index in [0.29, 0.717) is 6.54 Å². The molecule has 0 aromatic heterocycles. The second kappa shape index (κ2) is 7.92. The van der Waals surface area contributed by atoms with Gasteiger partial charge in [-0.25, -0.2) is 4.79 Å². The van der Waals surface area contributed by atoms with E-state index in [1.54, 1.807) is 11.8 Å². The molecule has 0 aliphatic rings. The van der Waals surface area contributed by atoms with Crippen molar-refractivity contribution >= 4 is 29.4 Å². The van der Waals surface area contributed by atoms with Crippen LogP contribution < -0.4 is 5.32 Å². The smallest absolute Gasteiger partial charge is 0.332 e. The molecule has 6 heteroatoms. The number of carbonyl (C=O) groups excluding carboxylic acids is 2. The van der Waals surface area contributed by atoms with E-state index in [4.69, 9.17) is 5.11 Å². The summed E-state index contributed by atoms with van der Waals surface area (Å²) >= 11 is 1.57. The fourth-order valence-electron chi connectivity index (χ4n) is 0.942. The molecule has 0 saturated heterocycles.